The van der Waals surface area contributed by atoms with Gasteiger partial charge in [-0.05, 0) is 62.1 Å². The number of rotatable bonds is 3. The molecule has 1 atom stereocenters. The highest BCUT2D eigenvalue weighted by atomic mass is 32.1. The third-order valence-corrected chi connectivity index (χ3v) is 7.22. The van der Waals surface area contributed by atoms with Crippen LogP contribution in [0.25, 0.3) is 10.4 Å². The lowest BCUT2D eigenvalue weighted by atomic mass is 9.64. The Bertz CT molecular complexity index is 884. The van der Waals surface area contributed by atoms with Crippen LogP contribution in [0.4, 0.5) is 5.00 Å². The molecular weight excluding hydrogens is 340 g/mol. The van der Waals surface area contributed by atoms with Crippen LogP contribution >= 0.6 is 11.3 Å². The first-order chi connectivity index (χ1) is 12.5. The van der Waals surface area contributed by atoms with Gasteiger partial charge in [0.2, 0.25) is 5.91 Å². The Balaban J connectivity index is 1.59. The molecule has 0 saturated heterocycles. The monoisotopic (exact) mass is 364 g/mol. The number of nitrogens with zero attached hydrogens (tertiary/aromatic N) is 1. The summed E-state index contributed by atoms with van der Waals surface area (Å²) < 4.78 is 0. The minimum Gasteiger partial charge on any atom is -0.316 e. The molecule has 2 bridgehead atoms. The molecule has 4 heteroatoms. The van der Waals surface area contributed by atoms with Crippen LogP contribution in [-0.4, -0.2) is 5.91 Å². The summed E-state index contributed by atoms with van der Waals surface area (Å²) in [6.07, 6.45) is 5.97. The number of fused-ring (bicyclic) bond motifs is 3. The maximum atomic E-state index is 12.9. The molecule has 3 aliphatic carbocycles. The Morgan fingerprint density at radius 1 is 1.19 bits per heavy atom. The predicted molar refractivity (Wildman–Crippen MR) is 106 cm³/mol. The van der Waals surface area contributed by atoms with E-state index in [0.717, 1.165) is 22.8 Å². The van der Waals surface area contributed by atoms with Crippen molar-refractivity contribution in [3.63, 3.8) is 0 Å². The summed E-state index contributed by atoms with van der Waals surface area (Å²) in [5.74, 6) is 1.49. The zero-order chi connectivity index (χ0) is 18.3. The summed E-state index contributed by atoms with van der Waals surface area (Å²) in [4.78, 5) is 13.9. The number of nitrogens with one attached hydrogen (secondary N) is 1. The van der Waals surface area contributed by atoms with Crippen molar-refractivity contribution >= 4 is 22.2 Å². The van der Waals surface area contributed by atoms with Crippen LogP contribution in [0.15, 0.2) is 24.3 Å². The molecule has 0 radical (unpaired) electrons. The average Bonchev–Trinajstić information content (AvgIpc) is 3.07. The second-order valence-corrected chi connectivity index (χ2v) is 8.95. The van der Waals surface area contributed by atoms with Crippen LogP contribution in [-0.2, 0) is 4.79 Å². The minimum atomic E-state index is 0.116. The topological polar surface area (TPSA) is 52.9 Å². The normalized spacial score (nSPS) is 24.3. The molecule has 1 heterocycles. The van der Waals surface area contributed by atoms with E-state index in [9.17, 15) is 10.1 Å². The lowest BCUT2D eigenvalue weighted by Crippen LogP contribution is -2.38. The van der Waals surface area contributed by atoms with Crippen LogP contribution in [0.2, 0.25) is 0 Å². The Hall–Kier alpha value is -2.12. The highest BCUT2D eigenvalue weighted by molar-refractivity contribution is 7.19. The summed E-state index contributed by atoms with van der Waals surface area (Å²) in [7, 11) is 0. The van der Waals surface area contributed by atoms with E-state index in [-0.39, 0.29) is 11.8 Å². The molecule has 134 valence electrons. The number of hydrogen-bond donors (Lipinski definition) is 1. The number of thiophene rings is 1. The van der Waals surface area contributed by atoms with Crippen molar-refractivity contribution in [3.05, 3.63) is 41.0 Å². The SMILES string of the molecule is Cc1ccc(C)c(-c2cc(C#N)c(NC(=O)C3CC4CCC3CC4)s2)c1. The van der Waals surface area contributed by atoms with Gasteiger partial charge >= 0.3 is 0 Å². The summed E-state index contributed by atoms with van der Waals surface area (Å²) >= 11 is 1.52. The molecule has 3 aliphatic rings. The number of hydrogen-bond acceptors (Lipinski definition) is 3. The first kappa shape index (κ1) is 17.3. The summed E-state index contributed by atoms with van der Waals surface area (Å²) in [5, 5.41) is 13.3. The number of benzene rings is 1. The van der Waals surface area contributed by atoms with E-state index in [2.05, 4.69) is 43.4 Å². The third kappa shape index (κ3) is 3.17. The Morgan fingerprint density at radius 2 is 1.96 bits per heavy atom. The Kier molecular flexibility index (Phi) is 4.58. The second-order valence-electron chi connectivity index (χ2n) is 7.90. The molecule has 3 fully saturated rings. The van der Waals surface area contributed by atoms with Gasteiger partial charge in [-0.1, -0.05) is 36.6 Å². The van der Waals surface area contributed by atoms with Crippen LogP contribution in [0.5, 0.6) is 0 Å². The molecule has 1 aromatic heterocycles. The van der Waals surface area contributed by atoms with Gasteiger partial charge in [-0.15, -0.1) is 11.3 Å². The number of nitriles is 1. The van der Waals surface area contributed by atoms with Crippen LogP contribution in [0, 0.1) is 42.9 Å². The van der Waals surface area contributed by atoms with Gasteiger partial charge in [0.25, 0.3) is 0 Å². The van der Waals surface area contributed by atoms with Crippen LogP contribution in [0.3, 0.4) is 0 Å². The van der Waals surface area contributed by atoms with Crippen molar-refractivity contribution in [2.45, 2.75) is 46.0 Å². The molecular formula is C22H24N2OS. The quantitative estimate of drug-likeness (QED) is 0.763. The molecule has 0 aliphatic heterocycles. The van der Waals surface area contributed by atoms with Gasteiger partial charge in [-0.25, -0.2) is 0 Å². The molecule has 1 unspecified atom stereocenters. The van der Waals surface area contributed by atoms with Crippen molar-refractivity contribution in [2.24, 2.45) is 17.8 Å². The van der Waals surface area contributed by atoms with E-state index in [1.807, 2.05) is 6.07 Å². The largest absolute Gasteiger partial charge is 0.316 e. The summed E-state index contributed by atoms with van der Waals surface area (Å²) in [6, 6.07) is 10.5. The van der Waals surface area contributed by atoms with Gasteiger partial charge in [0.05, 0.1) is 5.56 Å². The van der Waals surface area contributed by atoms with E-state index >= 15 is 0 Å². The average molecular weight is 365 g/mol. The van der Waals surface area contributed by atoms with Crippen molar-refractivity contribution < 1.29 is 4.79 Å². The summed E-state index contributed by atoms with van der Waals surface area (Å²) in [5.41, 5.74) is 4.09. The second kappa shape index (κ2) is 6.89. The lowest BCUT2D eigenvalue weighted by Gasteiger charge is -2.41. The predicted octanol–water partition coefficient (Wildman–Crippen LogP) is 5.67. The maximum Gasteiger partial charge on any atom is 0.228 e. The maximum absolute atomic E-state index is 12.9. The van der Waals surface area contributed by atoms with Crippen molar-refractivity contribution in [1.29, 1.82) is 5.26 Å². The zero-order valence-corrected chi connectivity index (χ0v) is 16.2. The molecule has 3 saturated carbocycles. The number of aryl methyl sites for hydroxylation is 2. The van der Waals surface area contributed by atoms with Gasteiger partial charge in [-0.2, -0.15) is 5.26 Å². The van der Waals surface area contributed by atoms with Gasteiger partial charge in [0, 0.05) is 10.8 Å². The lowest BCUT2D eigenvalue weighted by molar-refractivity contribution is -0.124. The highest BCUT2D eigenvalue weighted by Crippen LogP contribution is 2.46. The van der Waals surface area contributed by atoms with Gasteiger partial charge in [-0.3, -0.25) is 4.79 Å². The molecule has 3 nitrogen and oxygen atoms in total. The van der Waals surface area contributed by atoms with E-state index in [1.54, 1.807) is 0 Å². The zero-order valence-electron chi connectivity index (χ0n) is 15.3. The highest BCUT2D eigenvalue weighted by Gasteiger charge is 2.39. The van der Waals surface area contributed by atoms with Gasteiger partial charge in [0.15, 0.2) is 0 Å². The van der Waals surface area contributed by atoms with Crippen molar-refractivity contribution in [3.8, 4) is 16.5 Å². The molecule has 1 aromatic carbocycles. The fourth-order valence-corrected chi connectivity index (χ4v) is 5.70. The molecule has 1 N–H and O–H groups in total. The molecule has 1 amide bonds. The fraction of sp³-hybridized carbons (Fsp3) is 0.455. The van der Waals surface area contributed by atoms with Crippen LogP contribution in [0.1, 0.15) is 48.8 Å². The molecule has 2 aromatic rings. The standard InChI is InChI=1S/C22H24N2OS/c1-13-3-4-14(2)18(9-13)20-11-17(12-23)22(26-20)24-21(25)19-10-15-5-7-16(19)8-6-15/h3-4,9,11,15-16,19H,5-8,10H2,1-2H3,(H,24,25). The number of carbonyl (C=O) groups is 1. The van der Waals surface area contributed by atoms with E-state index in [0.29, 0.717) is 16.5 Å². The smallest absolute Gasteiger partial charge is 0.228 e. The van der Waals surface area contributed by atoms with E-state index < -0.39 is 0 Å². The molecule has 26 heavy (non-hydrogen) atoms. The van der Waals surface area contributed by atoms with E-state index in [4.69, 9.17) is 0 Å². The van der Waals surface area contributed by atoms with Gasteiger partial charge < -0.3 is 5.32 Å². The molecule has 5 rings (SSSR count). The molecule has 0 spiro atoms. The number of amides is 1. The van der Waals surface area contributed by atoms with Gasteiger partial charge in [0.1, 0.15) is 11.1 Å². The van der Waals surface area contributed by atoms with Crippen molar-refractivity contribution in [2.75, 3.05) is 5.32 Å². The number of anilines is 1. The summed E-state index contributed by atoms with van der Waals surface area (Å²) in [6.45, 7) is 4.15. The first-order valence-corrected chi connectivity index (χ1v) is 10.3. The fourth-order valence-electron chi connectivity index (χ4n) is 4.60. The third-order valence-electron chi connectivity index (χ3n) is 6.13. The van der Waals surface area contributed by atoms with Crippen molar-refractivity contribution in [1.82, 2.24) is 0 Å². The Morgan fingerprint density at radius 3 is 2.62 bits per heavy atom. The Labute approximate surface area is 159 Å². The minimum absolute atomic E-state index is 0.116. The van der Waals surface area contributed by atoms with E-state index in [1.165, 1.54) is 48.1 Å². The van der Waals surface area contributed by atoms with Crippen LogP contribution < -0.4 is 5.32 Å². The number of carbonyl (C=O) groups excluding carboxylic acids is 1. The first-order valence-electron chi connectivity index (χ1n) is 9.47.